The first-order valence-electron chi connectivity index (χ1n) is 10.4. The Balaban J connectivity index is 1.41. The third-order valence-corrected chi connectivity index (χ3v) is 5.80. The minimum absolute atomic E-state index is 0.0538. The number of hydrogen-bond donors (Lipinski definition) is 1. The number of carbonyl (C=O) groups is 1. The molecule has 3 heterocycles. The lowest BCUT2D eigenvalue weighted by Crippen LogP contribution is -2.42. The fraction of sp³-hybridized carbons (Fsp3) is 0.348. The minimum atomic E-state index is -4.40. The van der Waals surface area contributed by atoms with E-state index in [2.05, 4.69) is 15.3 Å². The number of aryl methyl sites for hydroxylation is 1. The van der Waals surface area contributed by atoms with Crippen molar-refractivity contribution in [3.05, 3.63) is 78.0 Å². The summed E-state index contributed by atoms with van der Waals surface area (Å²) in [4.78, 5) is 23.4. The molecule has 168 valence electrons. The van der Waals surface area contributed by atoms with E-state index in [9.17, 15) is 18.0 Å². The Morgan fingerprint density at radius 2 is 1.81 bits per heavy atom. The van der Waals surface area contributed by atoms with E-state index in [4.69, 9.17) is 0 Å². The molecule has 2 aromatic heterocycles. The van der Waals surface area contributed by atoms with Crippen molar-refractivity contribution < 1.29 is 18.0 Å². The number of imidazole rings is 1. The number of hydrogen-bond acceptors (Lipinski definition) is 4. The van der Waals surface area contributed by atoms with Gasteiger partial charge in [-0.15, -0.1) is 0 Å². The standard InChI is InChI=1S/C23H24F3N5O/c1-30-14-11-27-21(30)20(16-5-3-2-4-6-16)29-22(32)17-9-12-31(13-10-17)19-8-7-18(15-28-19)23(24,25)26/h2-8,11,14-15,17,20H,9-10,12-13H2,1H3,(H,29,32). The largest absolute Gasteiger partial charge is 0.417 e. The Hall–Kier alpha value is -3.36. The first-order chi connectivity index (χ1) is 15.3. The summed E-state index contributed by atoms with van der Waals surface area (Å²) in [6, 6.07) is 11.7. The molecule has 1 aliphatic rings. The van der Waals surface area contributed by atoms with E-state index in [0.717, 1.165) is 23.7 Å². The van der Waals surface area contributed by atoms with Crippen LogP contribution in [0.1, 0.15) is 35.8 Å². The summed E-state index contributed by atoms with van der Waals surface area (Å²) in [5.41, 5.74) is 0.179. The quantitative estimate of drug-likeness (QED) is 0.649. The highest BCUT2D eigenvalue weighted by atomic mass is 19.4. The van der Waals surface area contributed by atoms with Gasteiger partial charge in [-0.3, -0.25) is 4.79 Å². The van der Waals surface area contributed by atoms with Gasteiger partial charge in [0.25, 0.3) is 0 Å². The Labute approximate surface area is 184 Å². The van der Waals surface area contributed by atoms with Crippen LogP contribution in [0.4, 0.5) is 19.0 Å². The van der Waals surface area contributed by atoms with Crippen molar-refractivity contribution in [2.75, 3.05) is 18.0 Å². The van der Waals surface area contributed by atoms with Gasteiger partial charge < -0.3 is 14.8 Å². The van der Waals surface area contributed by atoms with Crippen LogP contribution in [0.15, 0.2) is 61.1 Å². The van der Waals surface area contributed by atoms with E-state index < -0.39 is 11.7 Å². The molecule has 1 aliphatic heterocycles. The first kappa shape index (κ1) is 21.9. The zero-order chi connectivity index (χ0) is 22.7. The van der Waals surface area contributed by atoms with E-state index in [1.807, 2.05) is 53.0 Å². The average molecular weight is 443 g/mol. The number of pyridine rings is 1. The molecule has 4 rings (SSSR count). The number of nitrogens with one attached hydrogen (secondary N) is 1. The SMILES string of the molecule is Cn1ccnc1C(NC(=O)C1CCN(c2ccc(C(F)(F)F)cn2)CC1)c1ccccc1. The third-order valence-electron chi connectivity index (χ3n) is 5.80. The summed E-state index contributed by atoms with van der Waals surface area (Å²) < 4.78 is 40.1. The van der Waals surface area contributed by atoms with Gasteiger partial charge in [0, 0.05) is 44.6 Å². The topological polar surface area (TPSA) is 63.1 Å². The molecule has 1 N–H and O–H groups in total. The van der Waals surface area contributed by atoms with E-state index in [1.165, 1.54) is 6.07 Å². The van der Waals surface area contributed by atoms with Crippen LogP contribution in [0.5, 0.6) is 0 Å². The molecular weight excluding hydrogens is 419 g/mol. The van der Waals surface area contributed by atoms with Crippen LogP contribution in [0.2, 0.25) is 0 Å². The number of carbonyl (C=O) groups excluding carboxylic acids is 1. The van der Waals surface area contributed by atoms with Gasteiger partial charge in [-0.25, -0.2) is 9.97 Å². The highest BCUT2D eigenvalue weighted by Gasteiger charge is 2.32. The van der Waals surface area contributed by atoms with Crippen molar-refractivity contribution in [1.82, 2.24) is 19.9 Å². The van der Waals surface area contributed by atoms with Crippen LogP contribution >= 0.6 is 0 Å². The maximum Gasteiger partial charge on any atom is 0.417 e. The molecule has 1 amide bonds. The van der Waals surface area contributed by atoms with Crippen LogP contribution < -0.4 is 10.2 Å². The number of aromatic nitrogens is 3. The second-order valence-electron chi connectivity index (χ2n) is 7.91. The summed E-state index contributed by atoms with van der Waals surface area (Å²) in [7, 11) is 1.89. The average Bonchev–Trinajstić information content (AvgIpc) is 3.23. The Morgan fingerprint density at radius 1 is 1.09 bits per heavy atom. The number of halogens is 3. The second kappa shape index (κ2) is 9.02. The number of alkyl halides is 3. The number of nitrogens with zero attached hydrogens (tertiary/aromatic N) is 4. The predicted molar refractivity (Wildman–Crippen MR) is 114 cm³/mol. The smallest absolute Gasteiger partial charge is 0.357 e. The lowest BCUT2D eigenvalue weighted by molar-refractivity contribution is -0.137. The fourth-order valence-electron chi connectivity index (χ4n) is 3.97. The van der Waals surface area contributed by atoms with Gasteiger partial charge in [0.15, 0.2) is 0 Å². The summed E-state index contributed by atoms with van der Waals surface area (Å²) in [6.07, 6.45) is 1.18. The van der Waals surface area contributed by atoms with E-state index in [-0.39, 0.29) is 17.9 Å². The highest BCUT2D eigenvalue weighted by Crippen LogP contribution is 2.30. The summed E-state index contributed by atoms with van der Waals surface area (Å²) in [6.45, 7) is 1.10. The molecule has 0 aliphatic carbocycles. The van der Waals surface area contributed by atoms with Gasteiger partial charge in [-0.05, 0) is 30.5 Å². The monoisotopic (exact) mass is 443 g/mol. The molecule has 1 atom stereocenters. The maximum atomic E-state index is 13.1. The van der Waals surface area contributed by atoms with Crippen molar-refractivity contribution in [3.63, 3.8) is 0 Å². The van der Waals surface area contributed by atoms with Crippen molar-refractivity contribution >= 4 is 11.7 Å². The number of benzene rings is 1. The summed E-state index contributed by atoms with van der Waals surface area (Å²) in [5, 5.41) is 3.14. The van der Waals surface area contributed by atoms with Crippen LogP contribution in [0, 0.1) is 5.92 Å². The zero-order valence-electron chi connectivity index (χ0n) is 17.6. The Bertz CT molecular complexity index is 1040. The molecule has 3 aromatic rings. The van der Waals surface area contributed by atoms with Gasteiger partial charge in [0.05, 0.1) is 5.56 Å². The molecule has 0 spiro atoms. The molecule has 0 bridgehead atoms. The highest BCUT2D eigenvalue weighted by molar-refractivity contribution is 5.79. The van der Waals surface area contributed by atoms with Gasteiger partial charge in [-0.1, -0.05) is 30.3 Å². The second-order valence-corrected chi connectivity index (χ2v) is 7.91. The predicted octanol–water partition coefficient (Wildman–Crippen LogP) is 3.96. The fourth-order valence-corrected chi connectivity index (χ4v) is 3.97. The van der Waals surface area contributed by atoms with Crippen LogP contribution in [-0.2, 0) is 18.0 Å². The normalized spacial score (nSPS) is 16.1. The number of amides is 1. The Morgan fingerprint density at radius 3 is 2.38 bits per heavy atom. The molecule has 1 aromatic carbocycles. The molecule has 9 heteroatoms. The van der Waals surface area contributed by atoms with Crippen molar-refractivity contribution in [2.45, 2.75) is 25.1 Å². The number of piperidine rings is 1. The van der Waals surface area contributed by atoms with Gasteiger partial charge in [0.2, 0.25) is 5.91 Å². The molecule has 1 fully saturated rings. The van der Waals surface area contributed by atoms with E-state index in [0.29, 0.717) is 31.7 Å². The molecule has 1 unspecified atom stereocenters. The van der Waals surface area contributed by atoms with Gasteiger partial charge >= 0.3 is 6.18 Å². The molecule has 1 saturated heterocycles. The van der Waals surface area contributed by atoms with Crippen LogP contribution in [0.3, 0.4) is 0 Å². The number of anilines is 1. The maximum absolute atomic E-state index is 13.1. The summed E-state index contributed by atoms with van der Waals surface area (Å²) >= 11 is 0. The molecule has 6 nitrogen and oxygen atoms in total. The summed E-state index contributed by atoms with van der Waals surface area (Å²) in [5.74, 6) is 0.997. The van der Waals surface area contributed by atoms with Gasteiger partial charge in [-0.2, -0.15) is 13.2 Å². The van der Waals surface area contributed by atoms with Crippen molar-refractivity contribution in [2.24, 2.45) is 13.0 Å². The van der Waals surface area contributed by atoms with Gasteiger partial charge in [0.1, 0.15) is 17.7 Å². The van der Waals surface area contributed by atoms with E-state index in [1.54, 1.807) is 6.20 Å². The molecule has 0 saturated carbocycles. The lowest BCUT2D eigenvalue weighted by atomic mass is 9.94. The zero-order valence-corrected chi connectivity index (χ0v) is 17.6. The van der Waals surface area contributed by atoms with Crippen molar-refractivity contribution in [1.29, 1.82) is 0 Å². The molecular formula is C23H24F3N5O. The van der Waals surface area contributed by atoms with Crippen LogP contribution in [0.25, 0.3) is 0 Å². The number of rotatable bonds is 5. The van der Waals surface area contributed by atoms with Crippen molar-refractivity contribution in [3.8, 4) is 0 Å². The third kappa shape index (κ3) is 4.76. The lowest BCUT2D eigenvalue weighted by Gasteiger charge is -2.33. The molecule has 32 heavy (non-hydrogen) atoms. The minimum Gasteiger partial charge on any atom is -0.357 e. The van der Waals surface area contributed by atoms with Crippen LogP contribution in [-0.4, -0.2) is 33.5 Å². The Kier molecular flexibility index (Phi) is 6.16. The molecule has 0 radical (unpaired) electrons. The van der Waals surface area contributed by atoms with E-state index >= 15 is 0 Å². The first-order valence-corrected chi connectivity index (χ1v) is 10.4.